The van der Waals surface area contributed by atoms with Gasteiger partial charge in [0.1, 0.15) is 0 Å². The second-order valence-corrected chi connectivity index (χ2v) is 5.95. The van der Waals surface area contributed by atoms with Gasteiger partial charge in [0.05, 0.1) is 0 Å². The van der Waals surface area contributed by atoms with E-state index in [1.54, 1.807) is 18.4 Å². The predicted molar refractivity (Wildman–Crippen MR) is 81.1 cm³/mol. The number of carbonyl (C=O) groups excluding carboxylic acids is 1. The first-order valence-corrected chi connectivity index (χ1v) is 7.94. The van der Waals surface area contributed by atoms with Gasteiger partial charge in [-0.2, -0.15) is 0 Å². The molecule has 0 saturated carbocycles. The first kappa shape index (κ1) is 15.3. The molecule has 5 nitrogen and oxygen atoms in total. The van der Waals surface area contributed by atoms with Gasteiger partial charge in [0, 0.05) is 57.9 Å². The van der Waals surface area contributed by atoms with Crippen molar-refractivity contribution in [3.05, 3.63) is 22.4 Å². The number of nitrogens with one attached hydrogen (secondary N) is 1. The fourth-order valence-electron chi connectivity index (χ4n) is 2.26. The molecule has 0 unspecified atom stereocenters. The normalized spacial score (nSPS) is 16.4. The lowest BCUT2D eigenvalue weighted by molar-refractivity contribution is 0.135. The van der Waals surface area contributed by atoms with Crippen LogP contribution in [-0.4, -0.2) is 62.3 Å². The van der Waals surface area contributed by atoms with E-state index in [-0.39, 0.29) is 6.03 Å². The molecule has 0 radical (unpaired) electrons. The zero-order valence-electron chi connectivity index (χ0n) is 12.0. The van der Waals surface area contributed by atoms with Crippen LogP contribution in [-0.2, 0) is 11.3 Å². The Hall–Kier alpha value is -1.11. The Morgan fingerprint density at radius 1 is 1.40 bits per heavy atom. The lowest BCUT2D eigenvalue weighted by Crippen LogP contribution is -2.51. The highest BCUT2D eigenvalue weighted by Gasteiger charge is 2.20. The van der Waals surface area contributed by atoms with Gasteiger partial charge in [-0.1, -0.05) is 6.07 Å². The van der Waals surface area contributed by atoms with Gasteiger partial charge in [-0.25, -0.2) is 4.79 Å². The molecule has 1 aliphatic rings. The van der Waals surface area contributed by atoms with E-state index in [0.29, 0.717) is 13.2 Å². The zero-order chi connectivity index (χ0) is 14.2. The maximum atomic E-state index is 11.9. The van der Waals surface area contributed by atoms with Crippen molar-refractivity contribution in [1.29, 1.82) is 0 Å². The van der Waals surface area contributed by atoms with Crippen LogP contribution < -0.4 is 5.32 Å². The fourth-order valence-corrected chi connectivity index (χ4v) is 3.00. The number of urea groups is 1. The lowest BCUT2D eigenvalue weighted by Gasteiger charge is -2.34. The number of piperazine rings is 1. The number of hydrogen-bond donors (Lipinski definition) is 1. The SMILES string of the molecule is COCCCNC(=O)N1CCN(Cc2cccs2)CC1. The Morgan fingerprint density at radius 3 is 2.85 bits per heavy atom. The molecule has 0 spiro atoms. The molecule has 1 aliphatic heterocycles. The third kappa shape index (κ3) is 4.77. The number of carbonyl (C=O) groups is 1. The minimum atomic E-state index is 0.0527. The molecule has 1 fully saturated rings. The molecule has 2 heterocycles. The van der Waals surface area contributed by atoms with Crippen molar-refractivity contribution in [3.63, 3.8) is 0 Å². The molecule has 1 aromatic rings. The Kier molecular flexibility index (Phi) is 6.29. The molecule has 1 aromatic heterocycles. The van der Waals surface area contributed by atoms with Crippen molar-refractivity contribution in [2.24, 2.45) is 0 Å². The standard InChI is InChI=1S/C14H23N3O2S/c1-19-10-3-5-15-14(18)17-8-6-16(7-9-17)12-13-4-2-11-20-13/h2,4,11H,3,5-10,12H2,1H3,(H,15,18). The first-order chi connectivity index (χ1) is 9.79. The molecule has 20 heavy (non-hydrogen) atoms. The number of amides is 2. The topological polar surface area (TPSA) is 44.8 Å². The van der Waals surface area contributed by atoms with Crippen molar-refractivity contribution in [3.8, 4) is 0 Å². The van der Waals surface area contributed by atoms with E-state index >= 15 is 0 Å². The summed E-state index contributed by atoms with van der Waals surface area (Å²) in [6.45, 7) is 5.88. The minimum absolute atomic E-state index is 0.0527. The summed E-state index contributed by atoms with van der Waals surface area (Å²) < 4.78 is 4.96. The molecule has 0 atom stereocenters. The second kappa shape index (κ2) is 8.24. The van der Waals surface area contributed by atoms with Gasteiger partial charge < -0.3 is 15.0 Å². The van der Waals surface area contributed by atoms with E-state index in [0.717, 1.165) is 39.1 Å². The highest BCUT2D eigenvalue weighted by molar-refractivity contribution is 7.09. The zero-order valence-corrected chi connectivity index (χ0v) is 12.8. The van der Waals surface area contributed by atoms with E-state index in [4.69, 9.17) is 4.74 Å². The summed E-state index contributed by atoms with van der Waals surface area (Å²) in [6, 6.07) is 4.31. The van der Waals surface area contributed by atoms with E-state index in [2.05, 4.69) is 27.7 Å². The number of methoxy groups -OCH3 is 1. The number of thiophene rings is 1. The monoisotopic (exact) mass is 297 g/mol. The Morgan fingerprint density at radius 2 is 2.20 bits per heavy atom. The van der Waals surface area contributed by atoms with Gasteiger partial charge in [-0.3, -0.25) is 4.90 Å². The van der Waals surface area contributed by atoms with Crippen molar-refractivity contribution < 1.29 is 9.53 Å². The Labute approximate surface area is 124 Å². The van der Waals surface area contributed by atoms with Gasteiger partial charge in [-0.05, 0) is 17.9 Å². The molecule has 0 aromatic carbocycles. The predicted octanol–water partition coefficient (Wildman–Crippen LogP) is 1.61. The van der Waals surface area contributed by atoms with Crippen molar-refractivity contribution in [2.45, 2.75) is 13.0 Å². The fraction of sp³-hybridized carbons (Fsp3) is 0.643. The van der Waals surface area contributed by atoms with Crippen LogP contribution in [0.1, 0.15) is 11.3 Å². The molecule has 6 heteroatoms. The first-order valence-electron chi connectivity index (χ1n) is 7.06. The third-order valence-electron chi connectivity index (χ3n) is 3.42. The maximum Gasteiger partial charge on any atom is 0.317 e. The summed E-state index contributed by atoms with van der Waals surface area (Å²) in [5.74, 6) is 0. The van der Waals surface area contributed by atoms with E-state index in [9.17, 15) is 4.79 Å². The van der Waals surface area contributed by atoms with E-state index < -0.39 is 0 Å². The van der Waals surface area contributed by atoms with Crippen molar-refractivity contribution in [1.82, 2.24) is 15.1 Å². The molecule has 1 N–H and O–H groups in total. The summed E-state index contributed by atoms with van der Waals surface area (Å²) in [5, 5.41) is 5.05. The summed E-state index contributed by atoms with van der Waals surface area (Å²) >= 11 is 1.79. The highest BCUT2D eigenvalue weighted by atomic mass is 32.1. The molecule has 0 aliphatic carbocycles. The van der Waals surface area contributed by atoms with Crippen LogP contribution in [0.5, 0.6) is 0 Å². The quantitative estimate of drug-likeness (QED) is 0.812. The van der Waals surface area contributed by atoms with Crippen molar-refractivity contribution in [2.75, 3.05) is 46.4 Å². The van der Waals surface area contributed by atoms with Crippen LogP contribution in [0.3, 0.4) is 0 Å². The largest absolute Gasteiger partial charge is 0.385 e. The average Bonchev–Trinajstić information content (AvgIpc) is 2.97. The number of rotatable bonds is 6. The minimum Gasteiger partial charge on any atom is -0.385 e. The molecule has 112 valence electrons. The van der Waals surface area contributed by atoms with Gasteiger partial charge in [0.2, 0.25) is 0 Å². The summed E-state index contributed by atoms with van der Waals surface area (Å²) in [5.41, 5.74) is 0. The smallest absolute Gasteiger partial charge is 0.317 e. The lowest BCUT2D eigenvalue weighted by atomic mass is 10.3. The number of hydrogen-bond acceptors (Lipinski definition) is 4. The molecular formula is C14H23N3O2S. The average molecular weight is 297 g/mol. The van der Waals surface area contributed by atoms with Crippen LogP contribution in [0.2, 0.25) is 0 Å². The molecule has 2 amide bonds. The summed E-state index contributed by atoms with van der Waals surface area (Å²) in [6.07, 6.45) is 0.862. The van der Waals surface area contributed by atoms with Crippen LogP contribution in [0.25, 0.3) is 0 Å². The number of nitrogens with zero attached hydrogens (tertiary/aromatic N) is 2. The van der Waals surface area contributed by atoms with Crippen LogP contribution >= 0.6 is 11.3 Å². The van der Waals surface area contributed by atoms with Gasteiger partial charge in [0.25, 0.3) is 0 Å². The maximum absolute atomic E-state index is 11.9. The van der Waals surface area contributed by atoms with Gasteiger partial charge in [-0.15, -0.1) is 11.3 Å². The van der Waals surface area contributed by atoms with Crippen LogP contribution in [0.15, 0.2) is 17.5 Å². The Bertz CT molecular complexity index is 389. The van der Waals surface area contributed by atoms with Crippen LogP contribution in [0.4, 0.5) is 4.79 Å². The molecule has 2 rings (SSSR count). The second-order valence-electron chi connectivity index (χ2n) is 4.92. The summed E-state index contributed by atoms with van der Waals surface area (Å²) in [7, 11) is 1.68. The van der Waals surface area contributed by atoms with Crippen molar-refractivity contribution >= 4 is 17.4 Å². The van der Waals surface area contributed by atoms with E-state index in [1.807, 2.05) is 4.90 Å². The summed E-state index contributed by atoms with van der Waals surface area (Å²) in [4.78, 5) is 17.6. The molecule has 0 bridgehead atoms. The Balaban J connectivity index is 1.64. The molecular weight excluding hydrogens is 274 g/mol. The number of ether oxygens (including phenoxy) is 1. The third-order valence-corrected chi connectivity index (χ3v) is 4.28. The molecule has 1 saturated heterocycles. The van der Waals surface area contributed by atoms with Gasteiger partial charge >= 0.3 is 6.03 Å². The van der Waals surface area contributed by atoms with E-state index in [1.165, 1.54) is 4.88 Å². The van der Waals surface area contributed by atoms with Gasteiger partial charge in [0.15, 0.2) is 0 Å². The van der Waals surface area contributed by atoms with Crippen LogP contribution in [0, 0.1) is 0 Å². The highest BCUT2D eigenvalue weighted by Crippen LogP contribution is 2.13.